The molecule has 25 heavy (non-hydrogen) atoms. The summed E-state index contributed by atoms with van der Waals surface area (Å²) in [6.45, 7) is 1.79. The number of fused-ring (bicyclic) bond motifs is 1. The van der Waals surface area contributed by atoms with Gasteiger partial charge in [-0.05, 0) is 36.4 Å². The minimum atomic E-state index is -0.0668. The standard InChI is InChI=1S/C18H19ClN2O4/c1-21(8-9-23-15-5-2-13(19)3-6-15)11-18(22)20-14-4-7-16-17(10-14)25-12-24-16/h2-7,10H,8-9,11-12H2,1H3,(H,20,22)/p+1. The molecule has 2 aromatic carbocycles. The van der Waals surface area contributed by atoms with Gasteiger partial charge in [0.1, 0.15) is 18.9 Å². The van der Waals surface area contributed by atoms with E-state index in [1.807, 2.05) is 19.2 Å². The molecule has 1 heterocycles. The number of ether oxygens (including phenoxy) is 3. The highest BCUT2D eigenvalue weighted by Gasteiger charge is 2.15. The zero-order valence-corrected chi connectivity index (χ0v) is 14.6. The van der Waals surface area contributed by atoms with Crippen LogP contribution in [0.25, 0.3) is 0 Å². The number of hydrogen-bond acceptors (Lipinski definition) is 4. The first-order valence-corrected chi connectivity index (χ1v) is 8.37. The average Bonchev–Trinajstić information content (AvgIpc) is 3.04. The van der Waals surface area contributed by atoms with Crippen LogP contribution in [0.4, 0.5) is 5.69 Å². The summed E-state index contributed by atoms with van der Waals surface area (Å²) >= 11 is 5.83. The van der Waals surface area contributed by atoms with E-state index < -0.39 is 0 Å². The van der Waals surface area contributed by atoms with E-state index in [2.05, 4.69) is 5.32 Å². The third kappa shape index (κ3) is 5.01. The second-order valence-corrected chi connectivity index (χ2v) is 6.24. The number of rotatable bonds is 7. The number of nitrogens with one attached hydrogen (secondary N) is 2. The molecule has 0 aromatic heterocycles. The Bertz CT molecular complexity index is 736. The van der Waals surface area contributed by atoms with Crippen molar-refractivity contribution in [1.29, 1.82) is 0 Å². The van der Waals surface area contributed by atoms with Crippen molar-refractivity contribution in [2.45, 2.75) is 0 Å². The van der Waals surface area contributed by atoms with E-state index in [1.165, 1.54) is 0 Å². The summed E-state index contributed by atoms with van der Waals surface area (Å²) in [6.07, 6.45) is 0. The van der Waals surface area contributed by atoms with Gasteiger partial charge in [-0.3, -0.25) is 4.79 Å². The first kappa shape index (κ1) is 17.4. The number of anilines is 1. The molecule has 1 aliphatic heterocycles. The fourth-order valence-corrected chi connectivity index (χ4v) is 2.54. The van der Waals surface area contributed by atoms with Crippen molar-refractivity contribution in [3.8, 4) is 17.2 Å². The maximum Gasteiger partial charge on any atom is 0.279 e. The molecule has 2 N–H and O–H groups in total. The van der Waals surface area contributed by atoms with E-state index in [1.54, 1.807) is 30.3 Å². The molecule has 0 radical (unpaired) electrons. The van der Waals surface area contributed by atoms with E-state index in [0.717, 1.165) is 10.6 Å². The largest absolute Gasteiger partial charge is 0.488 e. The number of quaternary nitrogens is 1. The van der Waals surface area contributed by atoms with E-state index in [9.17, 15) is 4.79 Å². The molecule has 0 aliphatic carbocycles. The zero-order valence-electron chi connectivity index (χ0n) is 13.9. The molecule has 2 aromatic rings. The van der Waals surface area contributed by atoms with Gasteiger partial charge in [0.15, 0.2) is 18.0 Å². The van der Waals surface area contributed by atoms with Gasteiger partial charge < -0.3 is 24.4 Å². The maximum absolute atomic E-state index is 12.1. The molecular weight excluding hydrogens is 344 g/mol. The first-order valence-electron chi connectivity index (χ1n) is 7.99. The number of likely N-dealkylation sites (N-methyl/N-ethyl adjacent to an activating group) is 1. The third-order valence-corrected chi connectivity index (χ3v) is 3.98. The number of amides is 1. The number of carbonyl (C=O) groups excluding carboxylic acids is 1. The molecule has 0 spiro atoms. The van der Waals surface area contributed by atoms with Crippen LogP contribution in [0.3, 0.4) is 0 Å². The van der Waals surface area contributed by atoms with E-state index >= 15 is 0 Å². The molecule has 0 saturated carbocycles. The zero-order chi connectivity index (χ0) is 17.6. The monoisotopic (exact) mass is 363 g/mol. The van der Waals surface area contributed by atoms with Crippen LogP contribution in [0.1, 0.15) is 0 Å². The Morgan fingerprint density at radius 2 is 1.96 bits per heavy atom. The van der Waals surface area contributed by atoms with Gasteiger partial charge in [0, 0.05) is 16.8 Å². The summed E-state index contributed by atoms with van der Waals surface area (Å²) < 4.78 is 16.2. The molecule has 1 aliphatic rings. The normalized spacial score (nSPS) is 13.4. The molecule has 0 bridgehead atoms. The molecule has 0 fully saturated rings. The Kier molecular flexibility index (Phi) is 5.63. The van der Waals surface area contributed by atoms with Gasteiger partial charge in [0.25, 0.3) is 5.91 Å². The molecule has 1 unspecified atom stereocenters. The molecule has 3 rings (SSSR count). The Morgan fingerprint density at radius 3 is 2.76 bits per heavy atom. The topological polar surface area (TPSA) is 61.2 Å². The Morgan fingerprint density at radius 1 is 1.20 bits per heavy atom. The van der Waals surface area contributed by atoms with E-state index in [-0.39, 0.29) is 12.7 Å². The van der Waals surface area contributed by atoms with Gasteiger partial charge in [-0.15, -0.1) is 0 Å². The Balaban J connectivity index is 1.40. The summed E-state index contributed by atoms with van der Waals surface area (Å²) in [6, 6.07) is 12.6. The molecule has 1 atom stereocenters. The molecule has 0 saturated heterocycles. The van der Waals surface area contributed by atoms with Gasteiger partial charge >= 0.3 is 0 Å². The Hall–Kier alpha value is -2.44. The highest BCUT2D eigenvalue weighted by molar-refractivity contribution is 6.30. The SMILES string of the molecule is C[NH+](CCOc1ccc(Cl)cc1)CC(=O)Nc1ccc2c(c1)OCO2. The lowest BCUT2D eigenvalue weighted by molar-refractivity contribution is -0.871. The van der Waals surface area contributed by atoms with Gasteiger partial charge in [-0.1, -0.05) is 11.6 Å². The lowest BCUT2D eigenvalue weighted by Crippen LogP contribution is -3.10. The van der Waals surface area contributed by atoms with E-state index in [0.29, 0.717) is 41.9 Å². The quantitative estimate of drug-likeness (QED) is 0.784. The minimum Gasteiger partial charge on any atom is -0.488 e. The summed E-state index contributed by atoms with van der Waals surface area (Å²) in [7, 11) is 1.95. The lowest BCUT2D eigenvalue weighted by Gasteiger charge is -2.14. The fourth-order valence-electron chi connectivity index (χ4n) is 2.42. The molecule has 132 valence electrons. The number of benzene rings is 2. The predicted molar refractivity (Wildman–Crippen MR) is 94.8 cm³/mol. The first-order chi connectivity index (χ1) is 12.1. The minimum absolute atomic E-state index is 0.0668. The summed E-state index contributed by atoms with van der Waals surface area (Å²) in [5, 5.41) is 3.54. The van der Waals surface area contributed by atoms with Gasteiger partial charge in [-0.25, -0.2) is 0 Å². The van der Waals surface area contributed by atoms with Crippen molar-refractivity contribution in [2.24, 2.45) is 0 Å². The third-order valence-electron chi connectivity index (χ3n) is 3.73. The second kappa shape index (κ2) is 8.09. The van der Waals surface area contributed by atoms with Crippen molar-refractivity contribution < 1.29 is 23.9 Å². The molecular formula is C18H20ClN2O4+. The van der Waals surface area contributed by atoms with Crippen molar-refractivity contribution >= 4 is 23.2 Å². The van der Waals surface area contributed by atoms with Crippen LogP contribution >= 0.6 is 11.6 Å². The molecule has 1 amide bonds. The molecule has 7 heteroatoms. The van der Waals surface area contributed by atoms with Crippen LogP contribution in [0.2, 0.25) is 5.02 Å². The highest BCUT2D eigenvalue weighted by atomic mass is 35.5. The van der Waals surface area contributed by atoms with Crippen LogP contribution in [0, 0.1) is 0 Å². The van der Waals surface area contributed by atoms with Crippen LogP contribution < -0.4 is 24.4 Å². The van der Waals surface area contributed by atoms with Crippen molar-refractivity contribution in [2.75, 3.05) is 38.9 Å². The Labute approximate surface area is 151 Å². The van der Waals surface area contributed by atoms with Gasteiger partial charge in [0.2, 0.25) is 6.79 Å². The van der Waals surface area contributed by atoms with Crippen LogP contribution in [0.15, 0.2) is 42.5 Å². The number of carbonyl (C=O) groups is 1. The second-order valence-electron chi connectivity index (χ2n) is 5.80. The summed E-state index contributed by atoms with van der Waals surface area (Å²) in [5.41, 5.74) is 0.694. The van der Waals surface area contributed by atoms with Crippen molar-refractivity contribution in [3.05, 3.63) is 47.5 Å². The van der Waals surface area contributed by atoms with Crippen molar-refractivity contribution in [1.82, 2.24) is 0 Å². The maximum atomic E-state index is 12.1. The van der Waals surface area contributed by atoms with E-state index in [4.69, 9.17) is 25.8 Å². The number of hydrogen-bond donors (Lipinski definition) is 2. The summed E-state index contributed by atoms with van der Waals surface area (Å²) in [4.78, 5) is 13.2. The average molecular weight is 364 g/mol. The van der Waals surface area contributed by atoms with Crippen LogP contribution in [-0.4, -0.2) is 39.4 Å². The smallest absolute Gasteiger partial charge is 0.279 e. The van der Waals surface area contributed by atoms with Gasteiger partial charge in [-0.2, -0.15) is 0 Å². The van der Waals surface area contributed by atoms with Crippen LogP contribution in [-0.2, 0) is 4.79 Å². The summed E-state index contributed by atoms with van der Waals surface area (Å²) in [5.74, 6) is 2.04. The van der Waals surface area contributed by atoms with Crippen LogP contribution in [0.5, 0.6) is 17.2 Å². The van der Waals surface area contributed by atoms with Gasteiger partial charge in [0.05, 0.1) is 7.05 Å². The number of halogens is 1. The predicted octanol–water partition coefficient (Wildman–Crippen LogP) is 1.60. The fraction of sp³-hybridized carbons (Fsp3) is 0.278. The van der Waals surface area contributed by atoms with Crippen molar-refractivity contribution in [3.63, 3.8) is 0 Å². The molecule has 6 nitrogen and oxygen atoms in total. The highest BCUT2D eigenvalue weighted by Crippen LogP contribution is 2.34. The lowest BCUT2D eigenvalue weighted by atomic mass is 10.2.